The normalized spacial score (nSPS) is 13.5. The number of carbonyl (C=O) groups is 4. The maximum absolute atomic E-state index is 13.3. The van der Waals surface area contributed by atoms with Gasteiger partial charge in [-0.1, -0.05) is 42.5 Å². The molecule has 11 nitrogen and oxygen atoms in total. The fourth-order valence-electron chi connectivity index (χ4n) is 3.80. The zero-order chi connectivity index (χ0) is 29.5. The highest BCUT2D eigenvalue weighted by Gasteiger charge is 2.29. The number of amides is 4. The van der Waals surface area contributed by atoms with E-state index in [1.807, 2.05) is 36.6 Å². The van der Waals surface area contributed by atoms with Gasteiger partial charge in [0.15, 0.2) is 0 Å². The summed E-state index contributed by atoms with van der Waals surface area (Å²) in [4.78, 5) is 51.6. The Bertz CT molecular complexity index is 1110. The summed E-state index contributed by atoms with van der Waals surface area (Å²) in [6, 6.07) is 11.6. The first-order chi connectivity index (χ1) is 19.1. The number of phenolic OH excluding ortho intramolecular Hbond substituents is 1. The summed E-state index contributed by atoms with van der Waals surface area (Å²) in [6.07, 6.45) is 2.61. The molecule has 4 atom stereocenters. The highest BCUT2D eigenvalue weighted by molar-refractivity contribution is 7.98. The van der Waals surface area contributed by atoms with Gasteiger partial charge in [-0.3, -0.25) is 19.2 Å². The van der Waals surface area contributed by atoms with Crippen LogP contribution in [0.1, 0.15) is 24.5 Å². The lowest BCUT2D eigenvalue weighted by atomic mass is 10.0. The standard InChI is InChI=1S/C28H39N5O6S.ClH/c1-18(31-26(37)22(29)16-20-8-10-21(35)11-9-20)25(36)33-24(17-19-6-4-3-5-7-19)28(39)32-23(12-15-40-2)27(38)30-13-14-34;/h3-11,18,22-24,34-35H,12-17,29H2,1-2H3,(H,30,38)(H,31,37)(H,32,39)(H,33,36);1H/t18-,22+,23+,24+;/m1./s1. The number of aromatic hydroxyl groups is 1. The average molecular weight is 610 g/mol. The van der Waals surface area contributed by atoms with Crippen LogP contribution >= 0.6 is 24.2 Å². The van der Waals surface area contributed by atoms with Crippen LogP contribution in [-0.4, -0.2) is 83.2 Å². The van der Waals surface area contributed by atoms with E-state index in [2.05, 4.69) is 21.3 Å². The fraction of sp³-hybridized carbons (Fsp3) is 0.429. The molecule has 0 saturated heterocycles. The first kappa shape index (κ1) is 35.7. The number of thioether (sulfide) groups is 1. The number of hydrogen-bond donors (Lipinski definition) is 7. The average Bonchev–Trinajstić information content (AvgIpc) is 2.94. The second-order valence-electron chi connectivity index (χ2n) is 9.32. The van der Waals surface area contributed by atoms with Crippen molar-refractivity contribution in [3.63, 3.8) is 0 Å². The molecule has 0 spiro atoms. The van der Waals surface area contributed by atoms with Crippen LogP contribution in [0, 0.1) is 0 Å². The number of carbonyl (C=O) groups excluding carboxylic acids is 4. The molecule has 41 heavy (non-hydrogen) atoms. The summed E-state index contributed by atoms with van der Waals surface area (Å²) in [5, 5.41) is 29.0. The lowest BCUT2D eigenvalue weighted by molar-refractivity contribution is -0.133. The van der Waals surface area contributed by atoms with Gasteiger partial charge in [-0.25, -0.2) is 0 Å². The van der Waals surface area contributed by atoms with E-state index < -0.39 is 47.8 Å². The monoisotopic (exact) mass is 609 g/mol. The third kappa shape index (κ3) is 12.8. The third-order valence-electron chi connectivity index (χ3n) is 6.05. The topological polar surface area (TPSA) is 183 Å². The van der Waals surface area contributed by atoms with Crippen LogP contribution in [0.2, 0.25) is 0 Å². The van der Waals surface area contributed by atoms with Gasteiger partial charge in [0.25, 0.3) is 0 Å². The molecule has 4 amide bonds. The molecule has 0 aliphatic carbocycles. The number of aliphatic hydroxyl groups excluding tert-OH is 1. The van der Waals surface area contributed by atoms with Gasteiger partial charge in [0.1, 0.15) is 23.9 Å². The molecular formula is C28H40ClN5O6S. The van der Waals surface area contributed by atoms with E-state index in [0.717, 1.165) is 11.1 Å². The number of rotatable bonds is 16. The molecule has 0 unspecified atom stereocenters. The second-order valence-corrected chi connectivity index (χ2v) is 10.3. The Labute approximate surface area is 250 Å². The molecule has 0 bridgehead atoms. The van der Waals surface area contributed by atoms with Crippen molar-refractivity contribution in [2.75, 3.05) is 25.2 Å². The minimum Gasteiger partial charge on any atom is -0.508 e. The number of hydrogen-bond acceptors (Lipinski definition) is 8. The van der Waals surface area contributed by atoms with Gasteiger partial charge in [0.2, 0.25) is 23.6 Å². The maximum atomic E-state index is 13.3. The number of nitrogens with one attached hydrogen (secondary N) is 4. The lowest BCUT2D eigenvalue weighted by Gasteiger charge is -2.25. The Morgan fingerprint density at radius 2 is 1.44 bits per heavy atom. The molecule has 0 aliphatic rings. The van der Waals surface area contributed by atoms with Crippen molar-refractivity contribution in [2.24, 2.45) is 5.73 Å². The van der Waals surface area contributed by atoms with E-state index in [0.29, 0.717) is 12.2 Å². The Morgan fingerprint density at radius 3 is 2.05 bits per heavy atom. The van der Waals surface area contributed by atoms with E-state index in [1.165, 1.54) is 30.8 Å². The zero-order valence-corrected chi connectivity index (χ0v) is 24.8. The molecule has 226 valence electrons. The van der Waals surface area contributed by atoms with Crippen molar-refractivity contribution in [3.05, 3.63) is 65.7 Å². The molecule has 0 radical (unpaired) electrons. The van der Waals surface area contributed by atoms with Gasteiger partial charge in [0, 0.05) is 13.0 Å². The summed E-state index contributed by atoms with van der Waals surface area (Å²) < 4.78 is 0. The maximum Gasteiger partial charge on any atom is 0.243 e. The first-order valence-electron chi connectivity index (χ1n) is 13.0. The Morgan fingerprint density at radius 1 is 0.829 bits per heavy atom. The molecule has 13 heteroatoms. The predicted molar refractivity (Wildman–Crippen MR) is 162 cm³/mol. The highest BCUT2D eigenvalue weighted by atomic mass is 35.5. The van der Waals surface area contributed by atoms with Crippen molar-refractivity contribution in [1.29, 1.82) is 0 Å². The largest absolute Gasteiger partial charge is 0.508 e. The molecule has 2 rings (SSSR count). The van der Waals surface area contributed by atoms with Gasteiger partial charge in [-0.05, 0) is 55.0 Å². The second kappa shape index (κ2) is 18.9. The molecule has 0 saturated carbocycles. The Kier molecular flexibility index (Phi) is 16.5. The summed E-state index contributed by atoms with van der Waals surface area (Å²) >= 11 is 1.52. The van der Waals surface area contributed by atoms with Crippen LogP contribution in [0.4, 0.5) is 0 Å². The van der Waals surface area contributed by atoms with Crippen molar-refractivity contribution < 1.29 is 29.4 Å². The van der Waals surface area contributed by atoms with Crippen LogP contribution in [0.3, 0.4) is 0 Å². The molecule has 0 aromatic heterocycles. The van der Waals surface area contributed by atoms with Gasteiger partial charge < -0.3 is 37.2 Å². The summed E-state index contributed by atoms with van der Waals surface area (Å²) in [6.45, 7) is 1.31. The van der Waals surface area contributed by atoms with Crippen molar-refractivity contribution in [3.8, 4) is 5.75 Å². The van der Waals surface area contributed by atoms with Crippen LogP contribution < -0.4 is 27.0 Å². The number of nitrogens with two attached hydrogens (primary N) is 1. The van der Waals surface area contributed by atoms with E-state index >= 15 is 0 Å². The molecule has 0 fully saturated rings. The smallest absolute Gasteiger partial charge is 0.243 e. The van der Waals surface area contributed by atoms with Gasteiger partial charge in [0.05, 0.1) is 12.6 Å². The zero-order valence-electron chi connectivity index (χ0n) is 23.2. The molecular weight excluding hydrogens is 570 g/mol. The van der Waals surface area contributed by atoms with E-state index in [9.17, 15) is 24.3 Å². The predicted octanol–water partition coefficient (Wildman–Crippen LogP) is 0.262. The highest BCUT2D eigenvalue weighted by Crippen LogP contribution is 2.11. The number of phenols is 1. The lowest BCUT2D eigenvalue weighted by Crippen LogP contribution is -2.58. The minimum atomic E-state index is -1.03. The Hall–Kier alpha value is -3.32. The summed E-state index contributed by atoms with van der Waals surface area (Å²) in [7, 11) is 0. The van der Waals surface area contributed by atoms with Gasteiger partial charge >= 0.3 is 0 Å². The first-order valence-corrected chi connectivity index (χ1v) is 14.4. The van der Waals surface area contributed by atoms with Crippen LogP contribution in [0.15, 0.2) is 54.6 Å². The van der Waals surface area contributed by atoms with Crippen LogP contribution in [0.5, 0.6) is 5.75 Å². The third-order valence-corrected chi connectivity index (χ3v) is 6.70. The molecule has 2 aromatic carbocycles. The Balaban J connectivity index is 0.00000840. The number of halogens is 1. The van der Waals surface area contributed by atoms with E-state index in [-0.39, 0.29) is 44.1 Å². The molecule has 8 N–H and O–H groups in total. The van der Waals surface area contributed by atoms with E-state index in [1.54, 1.807) is 12.1 Å². The molecule has 2 aromatic rings. The fourth-order valence-corrected chi connectivity index (χ4v) is 4.27. The number of benzene rings is 2. The van der Waals surface area contributed by atoms with Crippen LogP contribution in [0.25, 0.3) is 0 Å². The van der Waals surface area contributed by atoms with Crippen LogP contribution in [-0.2, 0) is 32.0 Å². The van der Waals surface area contributed by atoms with Crippen molar-refractivity contribution in [1.82, 2.24) is 21.3 Å². The molecule has 0 aliphatic heterocycles. The quantitative estimate of drug-likeness (QED) is 0.141. The van der Waals surface area contributed by atoms with E-state index in [4.69, 9.17) is 10.8 Å². The van der Waals surface area contributed by atoms with Gasteiger partial charge in [-0.15, -0.1) is 12.4 Å². The van der Waals surface area contributed by atoms with Crippen molar-refractivity contribution >= 4 is 47.8 Å². The number of aliphatic hydroxyl groups is 1. The van der Waals surface area contributed by atoms with Crippen molar-refractivity contribution in [2.45, 2.75) is 50.4 Å². The summed E-state index contributed by atoms with van der Waals surface area (Å²) in [5.74, 6) is -1.40. The summed E-state index contributed by atoms with van der Waals surface area (Å²) in [5.41, 5.74) is 7.56. The molecule has 0 heterocycles. The van der Waals surface area contributed by atoms with Gasteiger partial charge in [-0.2, -0.15) is 11.8 Å². The SMILES string of the molecule is CSCC[C@H](NC(=O)[C@H](Cc1ccccc1)NC(=O)[C@@H](C)NC(=O)[C@@H](N)Cc1ccc(O)cc1)C(=O)NCCO.Cl. The minimum absolute atomic E-state index is 0.